The Balaban J connectivity index is 2.43. The molecule has 0 saturated heterocycles. The zero-order valence-electron chi connectivity index (χ0n) is 11.0. The highest BCUT2D eigenvalue weighted by Crippen LogP contribution is 2.20. The quantitative estimate of drug-likeness (QED) is 0.613. The third kappa shape index (κ3) is 5.50. The molecule has 0 radical (unpaired) electrons. The molecule has 0 aliphatic carbocycles. The minimum absolute atomic E-state index is 0.00568. The summed E-state index contributed by atoms with van der Waals surface area (Å²) >= 11 is 1.30. The number of benzene rings is 1. The van der Waals surface area contributed by atoms with Crippen LogP contribution in [0.4, 0.5) is 0 Å². The van der Waals surface area contributed by atoms with Crippen molar-refractivity contribution in [3.05, 3.63) is 24.3 Å². The highest BCUT2D eigenvalue weighted by Gasteiger charge is 2.18. The number of hydrogen-bond donors (Lipinski definition) is 3. The molecule has 20 heavy (non-hydrogen) atoms. The van der Waals surface area contributed by atoms with Crippen molar-refractivity contribution in [2.45, 2.75) is 17.4 Å². The van der Waals surface area contributed by atoms with Gasteiger partial charge >= 0.3 is 5.97 Å². The van der Waals surface area contributed by atoms with Crippen molar-refractivity contribution in [3.63, 3.8) is 0 Å². The summed E-state index contributed by atoms with van der Waals surface area (Å²) in [6.45, 7) is -0.289. The highest BCUT2D eigenvalue weighted by molar-refractivity contribution is 8.00. The number of carboxylic acids is 1. The highest BCUT2D eigenvalue weighted by atomic mass is 32.2. The molecule has 6 nitrogen and oxygen atoms in total. The van der Waals surface area contributed by atoms with Gasteiger partial charge in [0.25, 0.3) is 0 Å². The number of thioether (sulfide) groups is 1. The Bertz CT molecular complexity index is 449. The van der Waals surface area contributed by atoms with E-state index in [4.69, 9.17) is 14.9 Å². The lowest BCUT2D eigenvalue weighted by Crippen LogP contribution is -2.42. The molecule has 110 valence electrons. The Hall–Kier alpha value is -1.73. The van der Waals surface area contributed by atoms with E-state index >= 15 is 0 Å². The second kappa shape index (κ2) is 8.44. The standard InChI is InChI=1S/C13H17NO5S/c1-19-9-2-4-10(5-3-9)20-8-12(16)14-11(6-7-15)13(17)18/h2-5,11,15H,6-8H2,1H3,(H,14,16)(H,17,18). The summed E-state index contributed by atoms with van der Waals surface area (Å²) in [7, 11) is 1.57. The van der Waals surface area contributed by atoms with E-state index in [1.54, 1.807) is 19.2 Å². The molecule has 1 rings (SSSR count). The fourth-order valence-corrected chi connectivity index (χ4v) is 2.15. The molecular formula is C13H17NO5S. The van der Waals surface area contributed by atoms with Gasteiger partial charge in [0.15, 0.2) is 0 Å². The van der Waals surface area contributed by atoms with Gasteiger partial charge in [-0.2, -0.15) is 0 Å². The van der Waals surface area contributed by atoms with Crippen LogP contribution in [0.3, 0.4) is 0 Å². The molecule has 0 aliphatic heterocycles. The van der Waals surface area contributed by atoms with Gasteiger partial charge in [-0.05, 0) is 24.3 Å². The molecule has 1 aromatic rings. The molecule has 0 bridgehead atoms. The predicted octanol–water partition coefficient (Wildman–Crippen LogP) is 0.739. The maximum atomic E-state index is 11.6. The number of carboxylic acid groups (broad SMARTS) is 1. The van der Waals surface area contributed by atoms with Crippen LogP contribution in [0.1, 0.15) is 6.42 Å². The number of rotatable bonds is 8. The van der Waals surface area contributed by atoms with Gasteiger partial charge in [0.05, 0.1) is 12.9 Å². The van der Waals surface area contributed by atoms with Crippen molar-refractivity contribution in [3.8, 4) is 5.75 Å². The van der Waals surface area contributed by atoms with E-state index in [0.717, 1.165) is 10.6 Å². The third-order valence-corrected chi connectivity index (χ3v) is 3.49. The fraction of sp³-hybridized carbons (Fsp3) is 0.385. The Morgan fingerprint density at radius 2 is 2.00 bits per heavy atom. The molecule has 0 fully saturated rings. The normalized spacial score (nSPS) is 11.7. The molecule has 1 unspecified atom stereocenters. The first-order chi connectivity index (χ1) is 9.56. The van der Waals surface area contributed by atoms with Crippen LogP contribution in [0.15, 0.2) is 29.2 Å². The molecule has 0 saturated carbocycles. The van der Waals surface area contributed by atoms with Gasteiger partial charge in [0, 0.05) is 17.9 Å². The Labute approximate surface area is 121 Å². The van der Waals surface area contributed by atoms with E-state index in [-0.39, 0.29) is 24.7 Å². The minimum Gasteiger partial charge on any atom is -0.497 e. The van der Waals surface area contributed by atoms with Crippen LogP contribution in [0.2, 0.25) is 0 Å². The van der Waals surface area contributed by atoms with Crippen LogP contribution in [0.5, 0.6) is 5.75 Å². The van der Waals surface area contributed by atoms with Crippen LogP contribution in [-0.4, -0.2) is 47.6 Å². The van der Waals surface area contributed by atoms with Crippen LogP contribution >= 0.6 is 11.8 Å². The van der Waals surface area contributed by atoms with E-state index in [1.807, 2.05) is 12.1 Å². The first-order valence-electron chi connectivity index (χ1n) is 5.96. The molecule has 1 amide bonds. The summed E-state index contributed by atoms with van der Waals surface area (Å²) in [6, 6.07) is 6.15. The van der Waals surface area contributed by atoms with Gasteiger partial charge in [-0.3, -0.25) is 4.79 Å². The number of aliphatic hydroxyl groups excluding tert-OH is 1. The second-order valence-electron chi connectivity index (χ2n) is 3.93. The maximum absolute atomic E-state index is 11.6. The molecular weight excluding hydrogens is 282 g/mol. The van der Waals surface area contributed by atoms with Crippen LogP contribution in [0, 0.1) is 0 Å². The molecule has 1 aromatic carbocycles. The lowest BCUT2D eigenvalue weighted by Gasteiger charge is -2.12. The topological polar surface area (TPSA) is 95.9 Å². The summed E-state index contributed by atoms with van der Waals surface area (Å²) in [4.78, 5) is 23.3. The SMILES string of the molecule is COc1ccc(SCC(=O)NC(CCO)C(=O)O)cc1. The zero-order chi connectivity index (χ0) is 15.0. The van der Waals surface area contributed by atoms with Crippen molar-refractivity contribution in [2.75, 3.05) is 19.5 Å². The number of aliphatic carboxylic acids is 1. The number of methoxy groups -OCH3 is 1. The van der Waals surface area contributed by atoms with Gasteiger partial charge in [-0.25, -0.2) is 4.79 Å². The second-order valence-corrected chi connectivity index (χ2v) is 4.98. The summed E-state index contributed by atoms with van der Waals surface area (Å²) in [5, 5.41) is 19.9. The average molecular weight is 299 g/mol. The number of ether oxygens (including phenoxy) is 1. The van der Waals surface area contributed by atoms with Gasteiger partial charge in [-0.1, -0.05) is 0 Å². The molecule has 0 aromatic heterocycles. The number of hydrogen-bond acceptors (Lipinski definition) is 5. The Morgan fingerprint density at radius 1 is 1.35 bits per heavy atom. The molecule has 7 heteroatoms. The molecule has 1 atom stereocenters. The Morgan fingerprint density at radius 3 is 2.50 bits per heavy atom. The average Bonchev–Trinajstić information content (AvgIpc) is 2.45. The van der Waals surface area contributed by atoms with Crippen molar-refractivity contribution in [2.24, 2.45) is 0 Å². The van der Waals surface area contributed by atoms with Gasteiger partial charge in [0.2, 0.25) is 5.91 Å². The smallest absolute Gasteiger partial charge is 0.326 e. The van der Waals surface area contributed by atoms with Crippen molar-refractivity contribution in [1.82, 2.24) is 5.32 Å². The van der Waals surface area contributed by atoms with E-state index in [2.05, 4.69) is 5.32 Å². The van der Waals surface area contributed by atoms with Gasteiger partial charge < -0.3 is 20.3 Å². The van der Waals surface area contributed by atoms with E-state index < -0.39 is 12.0 Å². The van der Waals surface area contributed by atoms with Crippen LogP contribution < -0.4 is 10.1 Å². The number of amides is 1. The van der Waals surface area contributed by atoms with Crippen molar-refractivity contribution >= 4 is 23.6 Å². The summed E-state index contributed by atoms with van der Waals surface area (Å²) in [6.07, 6.45) is -0.00568. The molecule has 0 aliphatic rings. The maximum Gasteiger partial charge on any atom is 0.326 e. The molecule has 0 heterocycles. The largest absolute Gasteiger partial charge is 0.497 e. The number of carbonyl (C=O) groups is 2. The Kier molecular flexibility index (Phi) is 6.89. The number of nitrogens with one attached hydrogen (secondary N) is 1. The number of carbonyl (C=O) groups excluding carboxylic acids is 1. The summed E-state index contributed by atoms with van der Waals surface area (Å²) in [5.74, 6) is -0.692. The van der Waals surface area contributed by atoms with Crippen LogP contribution in [-0.2, 0) is 9.59 Å². The monoisotopic (exact) mass is 299 g/mol. The van der Waals surface area contributed by atoms with Gasteiger partial charge in [0.1, 0.15) is 11.8 Å². The summed E-state index contributed by atoms with van der Waals surface area (Å²) < 4.78 is 5.02. The first-order valence-corrected chi connectivity index (χ1v) is 6.95. The lowest BCUT2D eigenvalue weighted by molar-refractivity contribution is -0.141. The first kappa shape index (κ1) is 16.3. The van der Waals surface area contributed by atoms with Gasteiger partial charge in [-0.15, -0.1) is 11.8 Å². The molecule has 3 N–H and O–H groups in total. The van der Waals surface area contributed by atoms with E-state index in [0.29, 0.717) is 0 Å². The third-order valence-electron chi connectivity index (χ3n) is 2.48. The fourth-order valence-electron chi connectivity index (χ4n) is 1.44. The summed E-state index contributed by atoms with van der Waals surface area (Å²) in [5.41, 5.74) is 0. The zero-order valence-corrected chi connectivity index (χ0v) is 11.9. The number of aliphatic hydroxyl groups is 1. The predicted molar refractivity (Wildman–Crippen MR) is 75.0 cm³/mol. The lowest BCUT2D eigenvalue weighted by atomic mass is 10.2. The molecule has 0 spiro atoms. The van der Waals surface area contributed by atoms with Crippen LogP contribution in [0.25, 0.3) is 0 Å². The van der Waals surface area contributed by atoms with Crippen molar-refractivity contribution < 1.29 is 24.5 Å². The van der Waals surface area contributed by atoms with E-state index in [9.17, 15) is 9.59 Å². The minimum atomic E-state index is -1.15. The van der Waals surface area contributed by atoms with E-state index in [1.165, 1.54) is 11.8 Å². The van der Waals surface area contributed by atoms with Crippen molar-refractivity contribution in [1.29, 1.82) is 0 Å².